The average Bonchev–Trinajstić information content (AvgIpc) is 3.09. The number of hydrogen-bond donors (Lipinski definition) is 2. The molecule has 0 aromatic carbocycles. The third-order valence-electron chi connectivity index (χ3n) is 10.9. The molecule has 4 aliphatic carbocycles. The van der Waals surface area contributed by atoms with Gasteiger partial charge in [0, 0.05) is 0 Å². The molecule has 3 saturated carbocycles. The van der Waals surface area contributed by atoms with E-state index < -0.39 is 17.4 Å². The van der Waals surface area contributed by atoms with Gasteiger partial charge in [-0.3, -0.25) is 0 Å². The van der Waals surface area contributed by atoms with E-state index in [-0.39, 0.29) is 11.8 Å². The molecular formula is C28H45F3O2. The summed E-state index contributed by atoms with van der Waals surface area (Å²) in [6.45, 7) is 7.72. The quantitative estimate of drug-likeness (QED) is 0.396. The van der Waals surface area contributed by atoms with Gasteiger partial charge in [0.15, 0.2) is 5.60 Å². The lowest BCUT2D eigenvalue weighted by Crippen LogP contribution is -2.48. The van der Waals surface area contributed by atoms with E-state index in [2.05, 4.69) is 26.8 Å². The average molecular weight is 471 g/mol. The number of hydrogen-bond acceptors (Lipinski definition) is 2. The van der Waals surface area contributed by atoms with Crippen LogP contribution < -0.4 is 0 Å². The minimum Gasteiger partial charge on any atom is -0.390 e. The van der Waals surface area contributed by atoms with Crippen LogP contribution in [0.5, 0.6) is 0 Å². The van der Waals surface area contributed by atoms with Crippen LogP contribution in [0.2, 0.25) is 0 Å². The van der Waals surface area contributed by atoms with Crippen molar-refractivity contribution in [2.24, 2.45) is 40.9 Å². The molecule has 0 heterocycles. The Morgan fingerprint density at radius 1 is 1.12 bits per heavy atom. The number of aliphatic hydroxyl groups is 2. The predicted molar refractivity (Wildman–Crippen MR) is 126 cm³/mol. The first kappa shape index (κ1) is 25.5. The molecule has 0 radical (unpaired) electrons. The minimum atomic E-state index is -4.56. The SMILES string of the molecule is CC[C@]1(O)CC[C@H]2C(=CC[C@@H]3[C@@H]2CC[C@]2(C)[C@@H]([C@H](C)CCCC(C)(O)C(F)(F)F)CC[C@@H]32)C1. The zero-order valence-corrected chi connectivity index (χ0v) is 21.1. The van der Waals surface area contributed by atoms with Crippen molar-refractivity contribution in [3.05, 3.63) is 11.6 Å². The number of rotatable bonds is 6. The van der Waals surface area contributed by atoms with Crippen LogP contribution in [0.15, 0.2) is 11.6 Å². The van der Waals surface area contributed by atoms with Crippen LogP contribution in [0.3, 0.4) is 0 Å². The van der Waals surface area contributed by atoms with Gasteiger partial charge < -0.3 is 10.2 Å². The fraction of sp³-hybridized carbons (Fsp3) is 0.929. The van der Waals surface area contributed by atoms with Gasteiger partial charge in [0.25, 0.3) is 0 Å². The molecular weight excluding hydrogens is 425 g/mol. The molecule has 2 nitrogen and oxygen atoms in total. The highest BCUT2D eigenvalue weighted by atomic mass is 19.4. The van der Waals surface area contributed by atoms with Crippen molar-refractivity contribution in [2.75, 3.05) is 0 Å². The molecule has 0 aliphatic heterocycles. The highest BCUT2D eigenvalue weighted by Crippen LogP contribution is 2.65. The molecule has 190 valence electrons. The topological polar surface area (TPSA) is 40.5 Å². The van der Waals surface area contributed by atoms with E-state index in [1.54, 1.807) is 0 Å². The zero-order valence-electron chi connectivity index (χ0n) is 21.1. The third kappa shape index (κ3) is 4.55. The summed E-state index contributed by atoms with van der Waals surface area (Å²) in [5.74, 6) is 3.81. The maximum atomic E-state index is 13.0. The fourth-order valence-electron chi connectivity index (χ4n) is 8.75. The Morgan fingerprint density at radius 3 is 2.52 bits per heavy atom. The Morgan fingerprint density at radius 2 is 1.85 bits per heavy atom. The molecule has 5 heteroatoms. The Kier molecular flexibility index (Phi) is 6.84. The van der Waals surface area contributed by atoms with E-state index in [1.165, 1.54) is 31.3 Å². The number of fused-ring (bicyclic) bond motifs is 5. The maximum absolute atomic E-state index is 13.0. The predicted octanol–water partition coefficient (Wildman–Crippen LogP) is 7.44. The highest BCUT2D eigenvalue weighted by molar-refractivity contribution is 5.22. The van der Waals surface area contributed by atoms with Crippen LogP contribution in [0.4, 0.5) is 13.2 Å². The Bertz CT molecular complexity index is 744. The first-order valence-electron chi connectivity index (χ1n) is 13.5. The second-order valence-electron chi connectivity index (χ2n) is 12.7. The van der Waals surface area contributed by atoms with Crippen molar-refractivity contribution in [1.29, 1.82) is 0 Å². The summed E-state index contributed by atoms with van der Waals surface area (Å²) in [6, 6.07) is 0. The number of alkyl halides is 3. The summed E-state index contributed by atoms with van der Waals surface area (Å²) in [7, 11) is 0. The summed E-state index contributed by atoms with van der Waals surface area (Å²) in [4.78, 5) is 0. The van der Waals surface area contributed by atoms with Crippen LogP contribution in [0.1, 0.15) is 105 Å². The fourth-order valence-corrected chi connectivity index (χ4v) is 8.75. The van der Waals surface area contributed by atoms with Gasteiger partial charge in [0.1, 0.15) is 0 Å². The molecule has 0 saturated heterocycles. The molecule has 0 bridgehead atoms. The zero-order chi connectivity index (χ0) is 24.2. The standard InChI is InChI=1S/C28H45F3O2/c1-5-27(33)16-13-20-19(17-27)8-9-22-21(20)12-15-25(3)23(10-11-24(22)25)18(2)7-6-14-26(4,32)28(29,30)31/h8,18,20-24,32-33H,5-7,9-17H2,1-4H3/t18-,20+,21-,22-,23-,24+,25-,26?,27+/m1/s1. The molecule has 1 unspecified atom stereocenters. The second-order valence-corrected chi connectivity index (χ2v) is 12.7. The molecule has 3 fully saturated rings. The number of halogens is 3. The molecule has 0 aromatic rings. The second kappa shape index (κ2) is 8.84. The first-order chi connectivity index (χ1) is 15.3. The van der Waals surface area contributed by atoms with Crippen molar-refractivity contribution in [3.63, 3.8) is 0 Å². The third-order valence-corrected chi connectivity index (χ3v) is 10.9. The minimum absolute atomic E-state index is 0.211. The van der Waals surface area contributed by atoms with Crippen molar-refractivity contribution < 1.29 is 23.4 Å². The van der Waals surface area contributed by atoms with Gasteiger partial charge >= 0.3 is 6.18 Å². The highest BCUT2D eigenvalue weighted by Gasteiger charge is 2.57. The number of allylic oxidation sites excluding steroid dienone is 1. The molecule has 9 atom stereocenters. The summed E-state index contributed by atoms with van der Waals surface area (Å²) in [5.41, 5.74) is -1.27. The first-order valence-corrected chi connectivity index (χ1v) is 13.5. The summed E-state index contributed by atoms with van der Waals surface area (Å²) in [6.07, 6.45) is 8.73. The monoisotopic (exact) mass is 470 g/mol. The van der Waals surface area contributed by atoms with Crippen LogP contribution in [-0.2, 0) is 0 Å². The lowest BCUT2D eigenvalue weighted by molar-refractivity contribution is -0.255. The van der Waals surface area contributed by atoms with Crippen LogP contribution >= 0.6 is 0 Å². The summed E-state index contributed by atoms with van der Waals surface area (Å²) < 4.78 is 39.0. The van der Waals surface area contributed by atoms with E-state index in [9.17, 15) is 23.4 Å². The molecule has 0 spiro atoms. The van der Waals surface area contributed by atoms with Gasteiger partial charge in [-0.2, -0.15) is 13.2 Å². The van der Waals surface area contributed by atoms with Gasteiger partial charge in [-0.15, -0.1) is 0 Å². The van der Waals surface area contributed by atoms with E-state index >= 15 is 0 Å². The van der Waals surface area contributed by atoms with Crippen molar-refractivity contribution in [2.45, 2.75) is 122 Å². The van der Waals surface area contributed by atoms with Crippen molar-refractivity contribution in [1.82, 2.24) is 0 Å². The molecule has 4 rings (SSSR count). The van der Waals surface area contributed by atoms with Gasteiger partial charge in [-0.05, 0) is 118 Å². The largest absolute Gasteiger partial charge is 0.416 e. The van der Waals surface area contributed by atoms with E-state index in [1.807, 2.05) is 0 Å². The van der Waals surface area contributed by atoms with Gasteiger partial charge in [-0.25, -0.2) is 0 Å². The molecule has 2 N–H and O–H groups in total. The van der Waals surface area contributed by atoms with Gasteiger partial charge in [0.05, 0.1) is 5.60 Å². The Hall–Kier alpha value is -0.550. The van der Waals surface area contributed by atoms with E-state index in [0.29, 0.717) is 30.1 Å². The Balaban J connectivity index is 1.40. The molecule has 33 heavy (non-hydrogen) atoms. The Labute approximate surface area is 198 Å². The maximum Gasteiger partial charge on any atom is 0.416 e. The van der Waals surface area contributed by atoms with E-state index in [0.717, 1.165) is 57.3 Å². The van der Waals surface area contributed by atoms with Crippen LogP contribution in [0.25, 0.3) is 0 Å². The molecule has 0 aromatic heterocycles. The smallest absolute Gasteiger partial charge is 0.390 e. The normalized spacial score (nSPS) is 43.7. The molecule has 4 aliphatic rings. The molecule has 0 amide bonds. The van der Waals surface area contributed by atoms with Gasteiger partial charge in [-0.1, -0.05) is 38.8 Å². The lowest BCUT2D eigenvalue weighted by atomic mass is 9.50. The van der Waals surface area contributed by atoms with Crippen molar-refractivity contribution in [3.8, 4) is 0 Å². The lowest BCUT2D eigenvalue weighted by Gasteiger charge is -2.55. The van der Waals surface area contributed by atoms with Crippen molar-refractivity contribution >= 4 is 0 Å². The van der Waals surface area contributed by atoms with Gasteiger partial charge in [0.2, 0.25) is 0 Å². The van der Waals surface area contributed by atoms with Crippen LogP contribution in [-0.4, -0.2) is 27.6 Å². The summed E-state index contributed by atoms with van der Waals surface area (Å²) >= 11 is 0. The van der Waals surface area contributed by atoms with Crippen LogP contribution in [0, 0.1) is 40.9 Å². The van der Waals surface area contributed by atoms with E-state index in [4.69, 9.17) is 0 Å². The summed E-state index contributed by atoms with van der Waals surface area (Å²) in [5, 5.41) is 20.6.